The molecule has 7 nitrogen and oxygen atoms in total. The number of rotatable bonds is 4. The molecule has 0 unspecified atom stereocenters. The summed E-state index contributed by atoms with van der Waals surface area (Å²) in [7, 11) is 0. The van der Waals surface area contributed by atoms with Crippen molar-refractivity contribution in [2.75, 3.05) is 23.3 Å². The lowest BCUT2D eigenvalue weighted by molar-refractivity contribution is -0.136. The highest BCUT2D eigenvalue weighted by molar-refractivity contribution is 9.10. The van der Waals surface area contributed by atoms with Gasteiger partial charge in [-0.1, -0.05) is 67.2 Å². The molecule has 13 heteroatoms. The molecule has 0 fully saturated rings. The summed E-state index contributed by atoms with van der Waals surface area (Å²) in [5.74, 6) is -1.63. The summed E-state index contributed by atoms with van der Waals surface area (Å²) >= 11 is 18.1. The highest BCUT2D eigenvalue weighted by Gasteiger charge is 2.28. The van der Waals surface area contributed by atoms with E-state index in [1.807, 2.05) is 12.1 Å². The number of aromatic nitrogens is 2. The number of benzene rings is 2. The molecule has 2 N–H and O–H groups in total. The normalized spacial score (nSPS) is 12.7. The number of carbonyl (C=O) groups excluding carboxylic acids is 1. The average molecular weight is 757 g/mol. The number of amides is 1. The van der Waals surface area contributed by atoms with Gasteiger partial charge in [0.15, 0.2) is 0 Å². The third-order valence-corrected chi connectivity index (χ3v) is 8.07. The van der Waals surface area contributed by atoms with Crippen LogP contribution in [0.1, 0.15) is 22.3 Å². The zero-order valence-corrected chi connectivity index (χ0v) is 27.1. The van der Waals surface area contributed by atoms with Crippen LogP contribution in [0.4, 0.5) is 20.2 Å². The van der Waals surface area contributed by atoms with E-state index < -0.39 is 5.97 Å². The Bertz CT molecular complexity index is 1660. The number of pyridine rings is 2. The molecule has 0 spiro atoms. The van der Waals surface area contributed by atoms with Gasteiger partial charge in [-0.15, -0.1) is 0 Å². The average Bonchev–Trinajstić information content (AvgIpc) is 3.59. The number of hydrogen-bond acceptors (Lipinski definition) is 5. The molecule has 0 saturated carbocycles. The highest BCUT2D eigenvalue weighted by atomic mass is 79.9. The lowest BCUT2D eigenvalue weighted by Crippen LogP contribution is -2.31. The summed E-state index contributed by atoms with van der Waals surface area (Å²) in [6.07, 6.45) is 4.70. The largest absolute Gasteiger partial charge is 0.481 e. The molecule has 2 aliphatic heterocycles. The smallest absolute Gasteiger partial charge is 0.307 e. The zero-order chi connectivity index (χ0) is 31.1. The Hall–Kier alpha value is -3.12. The Morgan fingerprint density at radius 2 is 1.47 bits per heavy atom. The Balaban J connectivity index is 0.000000162. The molecule has 4 aromatic rings. The molecular weight excluding hydrogens is 733 g/mol. The maximum Gasteiger partial charge on any atom is 0.307 e. The standard InChI is InChI=1S/C15H11BrClFN2O.C8H7BrFN.C7H6ClNO2/c16-11-6-9-3-5-20(14(9)12(18)8-11)13(21)7-10-2-1-4-19-15(10)17;9-6-3-5-1-2-11-8(5)7(10)4-6;8-7-5(4-6(10)11)2-1-3-9-7/h1-2,4,6,8H,3,5,7H2;3-4,11H,1-2H2;1-3H,4H2,(H,10,11). The van der Waals surface area contributed by atoms with Crippen LogP contribution in [0.2, 0.25) is 10.3 Å². The Morgan fingerprint density at radius 3 is 2.07 bits per heavy atom. The summed E-state index contributed by atoms with van der Waals surface area (Å²) in [5, 5.41) is 12.0. The van der Waals surface area contributed by atoms with Crippen LogP contribution in [0.15, 0.2) is 69.9 Å². The van der Waals surface area contributed by atoms with E-state index in [1.54, 1.807) is 30.5 Å². The first-order chi connectivity index (χ1) is 20.5. The fourth-order valence-electron chi connectivity index (χ4n) is 4.57. The second-order valence-corrected chi connectivity index (χ2v) is 12.0. The number of carbonyl (C=O) groups is 2. The molecule has 2 aromatic carbocycles. The van der Waals surface area contributed by atoms with Gasteiger partial charge in [0.25, 0.3) is 0 Å². The van der Waals surface area contributed by atoms with Crippen molar-refractivity contribution in [3.63, 3.8) is 0 Å². The number of carboxylic acids is 1. The number of hydrogen-bond donors (Lipinski definition) is 2. The second-order valence-electron chi connectivity index (χ2n) is 9.44. The summed E-state index contributed by atoms with van der Waals surface area (Å²) in [6.45, 7) is 1.34. The lowest BCUT2D eigenvalue weighted by atomic mass is 10.1. The van der Waals surface area contributed by atoms with Crippen LogP contribution in [-0.4, -0.2) is 40.0 Å². The van der Waals surface area contributed by atoms with E-state index >= 15 is 0 Å². The molecule has 4 heterocycles. The van der Waals surface area contributed by atoms with Gasteiger partial charge in [-0.25, -0.2) is 18.7 Å². The van der Waals surface area contributed by atoms with Crippen LogP contribution in [0, 0.1) is 11.6 Å². The van der Waals surface area contributed by atoms with Gasteiger partial charge >= 0.3 is 5.97 Å². The minimum atomic E-state index is -0.903. The molecular formula is C30H24Br2Cl2F2N4O3. The number of carboxylic acid groups (broad SMARTS) is 1. The van der Waals surface area contributed by atoms with E-state index in [2.05, 4.69) is 47.1 Å². The van der Waals surface area contributed by atoms with Gasteiger partial charge in [0.1, 0.15) is 21.9 Å². The van der Waals surface area contributed by atoms with E-state index in [-0.39, 0.29) is 35.5 Å². The fraction of sp³-hybridized carbons (Fsp3) is 0.200. The van der Waals surface area contributed by atoms with E-state index in [9.17, 15) is 18.4 Å². The predicted octanol–water partition coefficient (Wildman–Crippen LogP) is 7.69. The molecule has 0 radical (unpaired) electrons. The number of nitrogens with zero attached hydrogens (tertiary/aromatic N) is 3. The predicted molar refractivity (Wildman–Crippen MR) is 170 cm³/mol. The third kappa shape index (κ3) is 8.72. The molecule has 224 valence electrons. The van der Waals surface area contributed by atoms with Crippen molar-refractivity contribution in [3.05, 3.63) is 114 Å². The van der Waals surface area contributed by atoms with E-state index in [1.165, 1.54) is 23.2 Å². The maximum absolute atomic E-state index is 14.1. The molecule has 0 atom stereocenters. The Labute approximate surface area is 273 Å². The van der Waals surface area contributed by atoms with Crippen molar-refractivity contribution >= 4 is 78.3 Å². The second kappa shape index (κ2) is 15.1. The van der Waals surface area contributed by atoms with Crippen LogP contribution >= 0.6 is 55.1 Å². The van der Waals surface area contributed by atoms with Crippen molar-refractivity contribution in [3.8, 4) is 0 Å². The van der Waals surface area contributed by atoms with E-state index in [0.29, 0.717) is 45.1 Å². The van der Waals surface area contributed by atoms with Crippen molar-refractivity contribution in [1.82, 2.24) is 9.97 Å². The molecule has 6 rings (SSSR count). The van der Waals surface area contributed by atoms with Crippen LogP contribution in [0.5, 0.6) is 0 Å². The van der Waals surface area contributed by atoms with Crippen molar-refractivity contribution in [2.45, 2.75) is 25.7 Å². The SMILES string of the molecule is Fc1cc(Br)cc2c1NCC2.O=C(Cc1cccnc1Cl)N1CCc2cc(Br)cc(F)c21.O=C(O)Cc1cccnc1Cl. The molecule has 1 amide bonds. The molecule has 2 aromatic heterocycles. The van der Waals surface area contributed by atoms with E-state index in [4.69, 9.17) is 28.3 Å². The molecule has 0 aliphatic carbocycles. The summed E-state index contributed by atoms with van der Waals surface area (Å²) in [5.41, 5.74) is 4.15. The number of anilines is 2. The van der Waals surface area contributed by atoms with Gasteiger partial charge in [-0.2, -0.15) is 0 Å². The topological polar surface area (TPSA) is 95.4 Å². The summed E-state index contributed by atoms with van der Waals surface area (Å²) < 4.78 is 28.7. The Morgan fingerprint density at radius 1 is 0.884 bits per heavy atom. The van der Waals surface area contributed by atoms with Crippen molar-refractivity contribution in [2.24, 2.45) is 0 Å². The minimum absolute atomic E-state index is 0.0767. The molecule has 0 saturated heterocycles. The first-order valence-electron chi connectivity index (χ1n) is 12.9. The number of nitrogens with one attached hydrogen (secondary N) is 1. The number of aliphatic carboxylic acids is 1. The van der Waals surface area contributed by atoms with Crippen molar-refractivity contribution in [1.29, 1.82) is 0 Å². The number of halogens is 6. The number of fused-ring (bicyclic) bond motifs is 2. The maximum atomic E-state index is 14.1. The van der Waals surface area contributed by atoms with Crippen LogP contribution in [0.3, 0.4) is 0 Å². The van der Waals surface area contributed by atoms with Gasteiger partial charge in [0.2, 0.25) is 5.91 Å². The van der Waals surface area contributed by atoms with Crippen molar-refractivity contribution < 1.29 is 23.5 Å². The van der Waals surface area contributed by atoms with Gasteiger partial charge in [-0.3, -0.25) is 9.59 Å². The molecule has 43 heavy (non-hydrogen) atoms. The third-order valence-electron chi connectivity index (χ3n) is 6.47. The van der Waals surface area contributed by atoms with Crippen LogP contribution in [0.25, 0.3) is 0 Å². The lowest BCUT2D eigenvalue weighted by Gasteiger charge is -2.18. The summed E-state index contributed by atoms with van der Waals surface area (Å²) in [4.78, 5) is 31.8. The van der Waals surface area contributed by atoms with Gasteiger partial charge in [0, 0.05) is 40.0 Å². The minimum Gasteiger partial charge on any atom is -0.481 e. The van der Waals surface area contributed by atoms with E-state index in [0.717, 1.165) is 28.6 Å². The molecule has 0 bridgehead atoms. The molecule has 2 aliphatic rings. The van der Waals surface area contributed by atoms with Crippen LogP contribution < -0.4 is 10.2 Å². The fourth-order valence-corrected chi connectivity index (χ4v) is 5.90. The summed E-state index contributed by atoms with van der Waals surface area (Å²) in [6, 6.07) is 13.4. The van der Waals surface area contributed by atoms with Gasteiger partial charge in [0.05, 0.1) is 24.2 Å². The highest BCUT2D eigenvalue weighted by Crippen LogP contribution is 2.34. The Kier molecular flexibility index (Phi) is 11.5. The monoisotopic (exact) mass is 754 g/mol. The first-order valence-corrected chi connectivity index (χ1v) is 15.3. The van der Waals surface area contributed by atoms with Crippen LogP contribution in [-0.2, 0) is 35.3 Å². The first kappa shape index (κ1) is 32.8. The zero-order valence-electron chi connectivity index (χ0n) is 22.4. The van der Waals surface area contributed by atoms with Gasteiger partial charge in [-0.05, 0) is 65.9 Å². The van der Waals surface area contributed by atoms with Gasteiger partial charge < -0.3 is 15.3 Å². The quantitative estimate of drug-likeness (QED) is 0.208.